The molecule has 3 aromatic carbocycles. The minimum Gasteiger partial charge on any atom is -0.433 e. The van der Waals surface area contributed by atoms with E-state index in [1.165, 1.54) is 18.5 Å². The van der Waals surface area contributed by atoms with Gasteiger partial charge in [0.25, 0.3) is 0 Å². The molecular formula is C24H16F5N5O. The molecule has 5 aromatic rings. The summed E-state index contributed by atoms with van der Waals surface area (Å²) in [5.41, 5.74) is 6.61. The van der Waals surface area contributed by atoms with Crippen molar-refractivity contribution in [1.82, 2.24) is 19.7 Å². The molecule has 0 radical (unpaired) electrons. The lowest BCUT2D eigenvalue weighted by Gasteiger charge is -2.15. The molecular weight excluding hydrogens is 469 g/mol. The second-order valence-electron chi connectivity index (χ2n) is 7.93. The molecule has 2 aromatic heterocycles. The molecule has 5 rings (SSSR count). The average molecular weight is 485 g/mol. The van der Waals surface area contributed by atoms with Gasteiger partial charge in [-0.05, 0) is 53.1 Å². The van der Waals surface area contributed by atoms with E-state index in [9.17, 15) is 22.0 Å². The third-order valence-corrected chi connectivity index (χ3v) is 5.53. The first kappa shape index (κ1) is 22.7. The molecule has 0 aliphatic carbocycles. The molecule has 1 atom stereocenters. The normalized spacial score (nSPS) is 12.9. The number of oxazole rings is 1. The minimum atomic E-state index is -4.74. The van der Waals surface area contributed by atoms with E-state index >= 15 is 0 Å². The maximum absolute atomic E-state index is 14.5. The fourth-order valence-corrected chi connectivity index (χ4v) is 3.80. The highest BCUT2D eigenvalue weighted by molar-refractivity contribution is 5.83. The van der Waals surface area contributed by atoms with Crippen LogP contribution >= 0.6 is 0 Å². The molecule has 6 nitrogen and oxygen atoms in total. The van der Waals surface area contributed by atoms with Crippen LogP contribution in [0.4, 0.5) is 22.0 Å². The van der Waals surface area contributed by atoms with Crippen LogP contribution < -0.4 is 5.73 Å². The summed E-state index contributed by atoms with van der Waals surface area (Å²) in [6.07, 6.45) is -3.25. The Hall–Kier alpha value is -4.12. The van der Waals surface area contributed by atoms with E-state index < -0.39 is 29.4 Å². The number of nitrogens with zero attached hydrogens (tertiary/aromatic N) is 4. The second kappa shape index (κ2) is 8.27. The van der Waals surface area contributed by atoms with E-state index in [1.807, 2.05) is 0 Å². The highest BCUT2D eigenvalue weighted by atomic mass is 19.4. The van der Waals surface area contributed by atoms with Crippen LogP contribution in [0.5, 0.6) is 0 Å². The predicted octanol–water partition coefficient (Wildman–Crippen LogP) is 5.80. The predicted molar refractivity (Wildman–Crippen MR) is 118 cm³/mol. The maximum atomic E-state index is 14.5. The molecule has 35 heavy (non-hydrogen) atoms. The number of aromatic nitrogens is 4. The fraction of sp³-hybridized carbons (Fsp3) is 0.125. The standard InChI is InChI=1S/C24H16F5N5O/c1-34-11-31-33-22(34)17-10-15(25)5-6-16(17)12-3-2-4-13(7-12)23-32-19-9-14(21(30)24(27,28)29)8-18(26)20(19)35-23/h2-11,21H,30H2,1H3. The van der Waals surface area contributed by atoms with Gasteiger partial charge in [-0.1, -0.05) is 18.2 Å². The Labute approximate surface area is 194 Å². The number of nitrogens with two attached hydrogens (primary N) is 1. The Kier molecular flexibility index (Phi) is 5.36. The summed E-state index contributed by atoms with van der Waals surface area (Å²) in [6.45, 7) is 0. The topological polar surface area (TPSA) is 82.8 Å². The van der Waals surface area contributed by atoms with Crippen LogP contribution in [-0.2, 0) is 7.05 Å². The second-order valence-corrected chi connectivity index (χ2v) is 7.93. The Morgan fingerprint density at radius 2 is 1.74 bits per heavy atom. The Morgan fingerprint density at radius 1 is 0.971 bits per heavy atom. The van der Waals surface area contributed by atoms with Crippen LogP contribution in [0.2, 0.25) is 0 Å². The van der Waals surface area contributed by atoms with Gasteiger partial charge >= 0.3 is 6.18 Å². The van der Waals surface area contributed by atoms with Crippen molar-refractivity contribution in [1.29, 1.82) is 0 Å². The molecule has 0 spiro atoms. The summed E-state index contributed by atoms with van der Waals surface area (Å²) >= 11 is 0. The Balaban J connectivity index is 1.59. The summed E-state index contributed by atoms with van der Waals surface area (Å²) in [5.74, 6) is -1.01. The van der Waals surface area contributed by atoms with Crippen molar-refractivity contribution in [3.63, 3.8) is 0 Å². The zero-order valence-corrected chi connectivity index (χ0v) is 18.0. The minimum absolute atomic E-state index is 0.000741. The Bertz CT molecular complexity index is 1560. The van der Waals surface area contributed by atoms with Gasteiger partial charge in [0.05, 0.1) is 0 Å². The highest BCUT2D eigenvalue weighted by Gasteiger charge is 2.38. The van der Waals surface area contributed by atoms with Gasteiger partial charge < -0.3 is 14.7 Å². The summed E-state index contributed by atoms with van der Waals surface area (Å²) in [5, 5.41) is 7.90. The molecule has 0 aliphatic heterocycles. The number of aryl methyl sites for hydroxylation is 1. The maximum Gasteiger partial charge on any atom is 0.407 e. The number of halogens is 5. The largest absolute Gasteiger partial charge is 0.433 e. The molecule has 0 saturated carbocycles. The lowest BCUT2D eigenvalue weighted by molar-refractivity contribution is -0.149. The van der Waals surface area contributed by atoms with Gasteiger partial charge in [0.15, 0.2) is 17.2 Å². The van der Waals surface area contributed by atoms with Crippen molar-refractivity contribution in [3.8, 4) is 34.0 Å². The van der Waals surface area contributed by atoms with Crippen molar-refractivity contribution in [2.45, 2.75) is 12.2 Å². The van der Waals surface area contributed by atoms with E-state index in [4.69, 9.17) is 10.2 Å². The SMILES string of the molecule is Cn1cnnc1-c1cc(F)ccc1-c1cccc(-c2nc3cc(C(N)C(F)(F)F)cc(F)c3o2)c1. The molecule has 2 heterocycles. The van der Waals surface area contributed by atoms with Crippen LogP contribution in [0.3, 0.4) is 0 Å². The summed E-state index contributed by atoms with van der Waals surface area (Å²) in [4.78, 5) is 4.19. The number of hydrogen-bond donors (Lipinski definition) is 1. The van der Waals surface area contributed by atoms with E-state index in [2.05, 4.69) is 15.2 Å². The van der Waals surface area contributed by atoms with Crippen molar-refractivity contribution in [2.75, 3.05) is 0 Å². The molecule has 1 unspecified atom stereocenters. The van der Waals surface area contributed by atoms with E-state index in [1.54, 1.807) is 41.9 Å². The van der Waals surface area contributed by atoms with Gasteiger partial charge in [0.2, 0.25) is 5.89 Å². The van der Waals surface area contributed by atoms with Crippen LogP contribution in [0.1, 0.15) is 11.6 Å². The molecule has 178 valence electrons. The molecule has 0 aliphatic rings. The van der Waals surface area contributed by atoms with Crippen molar-refractivity contribution >= 4 is 11.1 Å². The van der Waals surface area contributed by atoms with Gasteiger partial charge in [0.1, 0.15) is 23.7 Å². The number of alkyl halides is 3. The van der Waals surface area contributed by atoms with Crippen LogP contribution in [0, 0.1) is 11.6 Å². The van der Waals surface area contributed by atoms with Gasteiger partial charge in [-0.25, -0.2) is 13.8 Å². The third kappa shape index (κ3) is 4.14. The molecule has 11 heteroatoms. The Morgan fingerprint density at radius 3 is 2.46 bits per heavy atom. The van der Waals surface area contributed by atoms with Gasteiger partial charge in [-0.3, -0.25) is 0 Å². The van der Waals surface area contributed by atoms with Gasteiger partial charge in [-0.15, -0.1) is 10.2 Å². The summed E-state index contributed by atoms with van der Waals surface area (Å²) < 4.78 is 74.8. The molecule has 0 fully saturated rings. The smallest absolute Gasteiger partial charge is 0.407 e. The highest BCUT2D eigenvalue weighted by Crippen LogP contribution is 2.36. The van der Waals surface area contributed by atoms with Gasteiger partial charge in [0, 0.05) is 18.2 Å². The summed E-state index contributed by atoms with van der Waals surface area (Å²) in [7, 11) is 1.73. The molecule has 0 amide bonds. The monoisotopic (exact) mass is 485 g/mol. The third-order valence-electron chi connectivity index (χ3n) is 5.53. The van der Waals surface area contributed by atoms with Crippen molar-refractivity contribution in [3.05, 3.63) is 78.1 Å². The average Bonchev–Trinajstić information content (AvgIpc) is 3.44. The van der Waals surface area contributed by atoms with E-state index in [0.717, 1.165) is 6.07 Å². The first-order valence-electron chi connectivity index (χ1n) is 10.3. The zero-order chi connectivity index (χ0) is 24.9. The van der Waals surface area contributed by atoms with E-state index in [-0.39, 0.29) is 17.0 Å². The fourth-order valence-electron chi connectivity index (χ4n) is 3.80. The quantitative estimate of drug-likeness (QED) is 0.326. The number of fused-ring (bicyclic) bond motifs is 1. The lowest BCUT2D eigenvalue weighted by Crippen LogP contribution is -2.28. The lowest BCUT2D eigenvalue weighted by atomic mass is 9.97. The molecule has 2 N–H and O–H groups in total. The number of rotatable bonds is 4. The van der Waals surface area contributed by atoms with Crippen LogP contribution in [-0.4, -0.2) is 25.9 Å². The molecule has 0 saturated heterocycles. The summed E-state index contributed by atoms with van der Waals surface area (Å²) in [6, 6.07) is 10.5. The van der Waals surface area contributed by atoms with Crippen LogP contribution in [0.25, 0.3) is 45.1 Å². The van der Waals surface area contributed by atoms with Crippen molar-refractivity contribution in [2.24, 2.45) is 12.8 Å². The van der Waals surface area contributed by atoms with E-state index in [0.29, 0.717) is 34.1 Å². The van der Waals surface area contributed by atoms with Crippen LogP contribution in [0.15, 0.2) is 65.3 Å². The number of benzene rings is 3. The molecule has 0 bridgehead atoms. The number of hydrogen-bond acceptors (Lipinski definition) is 5. The van der Waals surface area contributed by atoms with Crippen molar-refractivity contribution < 1.29 is 26.4 Å². The first-order chi connectivity index (χ1) is 16.6. The zero-order valence-electron chi connectivity index (χ0n) is 18.0. The first-order valence-corrected chi connectivity index (χ1v) is 10.3. The van der Waals surface area contributed by atoms with Gasteiger partial charge in [-0.2, -0.15) is 13.2 Å².